The van der Waals surface area contributed by atoms with Crippen molar-refractivity contribution < 1.29 is 8.42 Å². The second-order valence-electron chi connectivity index (χ2n) is 5.42. The van der Waals surface area contributed by atoms with Crippen LogP contribution in [0.3, 0.4) is 0 Å². The number of thiocarbonyl (C=S) groups is 1. The molecule has 0 saturated heterocycles. The van der Waals surface area contributed by atoms with Crippen LogP contribution in [0.1, 0.15) is 5.56 Å². The van der Waals surface area contributed by atoms with Gasteiger partial charge in [0.05, 0.1) is 4.90 Å². The van der Waals surface area contributed by atoms with Gasteiger partial charge < -0.3 is 10.6 Å². The molecule has 0 bridgehead atoms. The average Bonchev–Trinajstić information content (AvgIpc) is 3.07. The Hall–Kier alpha value is -2.49. The van der Waals surface area contributed by atoms with Gasteiger partial charge in [0.25, 0.3) is 10.0 Å². The van der Waals surface area contributed by atoms with Crippen LogP contribution in [0.5, 0.6) is 0 Å². The minimum absolute atomic E-state index is 0.149. The van der Waals surface area contributed by atoms with E-state index in [9.17, 15) is 8.42 Å². The molecule has 6 nitrogen and oxygen atoms in total. The number of nitrogens with zero attached hydrogens (tertiary/aromatic N) is 1. The first-order valence-corrected chi connectivity index (χ1v) is 10.4. The number of thiazole rings is 1. The fourth-order valence-corrected chi connectivity index (χ4v) is 4.21. The molecule has 2 aromatic carbocycles. The Labute approximate surface area is 161 Å². The third-order valence-electron chi connectivity index (χ3n) is 3.35. The smallest absolute Gasteiger partial charge is 0.263 e. The van der Waals surface area contributed by atoms with Crippen LogP contribution in [0.15, 0.2) is 65.0 Å². The lowest BCUT2D eigenvalue weighted by molar-refractivity contribution is 0.601. The lowest BCUT2D eigenvalue weighted by Gasteiger charge is -2.11. The first-order valence-electron chi connectivity index (χ1n) is 7.59. The highest BCUT2D eigenvalue weighted by molar-refractivity contribution is 7.93. The molecule has 0 aliphatic rings. The quantitative estimate of drug-likeness (QED) is 0.556. The fourth-order valence-electron chi connectivity index (χ4n) is 2.18. The van der Waals surface area contributed by atoms with Crippen LogP contribution in [-0.4, -0.2) is 18.5 Å². The Bertz CT molecular complexity index is 1000. The lowest BCUT2D eigenvalue weighted by atomic mass is 10.2. The molecule has 0 radical (unpaired) electrons. The molecule has 0 fully saturated rings. The summed E-state index contributed by atoms with van der Waals surface area (Å²) in [4.78, 5) is 4.07. The predicted octanol–water partition coefficient (Wildman–Crippen LogP) is 4.06. The molecule has 3 aromatic rings. The van der Waals surface area contributed by atoms with Gasteiger partial charge in [0.2, 0.25) is 0 Å². The summed E-state index contributed by atoms with van der Waals surface area (Å²) in [7, 11) is -3.66. The van der Waals surface area contributed by atoms with Gasteiger partial charge >= 0.3 is 0 Å². The Kier molecular flexibility index (Phi) is 5.50. The number of rotatable bonds is 5. The second-order valence-corrected chi connectivity index (χ2v) is 8.40. The molecule has 0 saturated carbocycles. The number of anilines is 3. The van der Waals surface area contributed by atoms with Gasteiger partial charge in [-0.2, -0.15) is 0 Å². The molecule has 0 spiro atoms. The van der Waals surface area contributed by atoms with Gasteiger partial charge in [0.1, 0.15) is 0 Å². The summed E-state index contributed by atoms with van der Waals surface area (Å²) in [5.74, 6) is 0. The summed E-state index contributed by atoms with van der Waals surface area (Å²) in [5.41, 5.74) is 2.69. The zero-order valence-corrected chi connectivity index (χ0v) is 16.2. The number of hydrogen-bond donors (Lipinski definition) is 3. The van der Waals surface area contributed by atoms with E-state index in [4.69, 9.17) is 12.2 Å². The van der Waals surface area contributed by atoms with Crippen molar-refractivity contribution in [2.24, 2.45) is 0 Å². The van der Waals surface area contributed by atoms with Crippen LogP contribution in [0.4, 0.5) is 16.5 Å². The lowest BCUT2D eigenvalue weighted by Crippen LogP contribution is -2.19. The van der Waals surface area contributed by atoms with Crippen LogP contribution < -0.4 is 15.4 Å². The monoisotopic (exact) mass is 404 g/mol. The molecule has 0 atom stereocenters. The molecular weight excluding hydrogens is 388 g/mol. The zero-order valence-electron chi connectivity index (χ0n) is 13.8. The van der Waals surface area contributed by atoms with Crippen LogP contribution in [0.2, 0.25) is 0 Å². The van der Waals surface area contributed by atoms with Gasteiger partial charge in [0, 0.05) is 23.0 Å². The second kappa shape index (κ2) is 7.81. The highest BCUT2D eigenvalue weighted by atomic mass is 32.2. The van der Waals surface area contributed by atoms with Crippen molar-refractivity contribution in [2.45, 2.75) is 11.8 Å². The van der Waals surface area contributed by atoms with Gasteiger partial charge in [-0.1, -0.05) is 12.1 Å². The van der Waals surface area contributed by atoms with Gasteiger partial charge in [-0.05, 0) is 61.1 Å². The van der Waals surface area contributed by atoms with Crippen molar-refractivity contribution in [1.82, 2.24) is 4.98 Å². The first kappa shape index (κ1) is 18.3. The van der Waals surface area contributed by atoms with Crippen molar-refractivity contribution >= 4 is 55.2 Å². The third kappa shape index (κ3) is 4.78. The van der Waals surface area contributed by atoms with Crippen LogP contribution >= 0.6 is 23.6 Å². The molecule has 9 heteroatoms. The summed E-state index contributed by atoms with van der Waals surface area (Å²) in [5, 5.41) is 8.57. The topological polar surface area (TPSA) is 83.1 Å². The van der Waals surface area contributed by atoms with E-state index < -0.39 is 10.0 Å². The number of nitrogens with one attached hydrogen (secondary N) is 3. The molecule has 26 heavy (non-hydrogen) atoms. The van der Waals surface area contributed by atoms with E-state index in [1.165, 1.54) is 29.7 Å². The molecule has 0 aliphatic heterocycles. The van der Waals surface area contributed by atoms with E-state index in [2.05, 4.69) is 20.3 Å². The van der Waals surface area contributed by atoms with Crippen molar-refractivity contribution in [2.75, 3.05) is 15.4 Å². The fraction of sp³-hybridized carbons (Fsp3) is 0.0588. The van der Waals surface area contributed by atoms with E-state index >= 15 is 0 Å². The highest BCUT2D eigenvalue weighted by Gasteiger charge is 2.15. The Morgan fingerprint density at radius 3 is 2.46 bits per heavy atom. The summed E-state index contributed by atoms with van der Waals surface area (Å²) in [6.45, 7) is 2.00. The molecule has 3 rings (SSSR count). The van der Waals surface area contributed by atoms with Crippen molar-refractivity contribution in [3.05, 3.63) is 65.7 Å². The Morgan fingerprint density at radius 1 is 1.08 bits per heavy atom. The zero-order chi connectivity index (χ0) is 18.6. The maximum Gasteiger partial charge on any atom is 0.263 e. The summed E-state index contributed by atoms with van der Waals surface area (Å²) in [6.07, 6.45) is 1.54. The molecule has 0 amide bonds. The molecule has 1 heterocycles. The average molecular weight is 405 g/mol. The van der Waals surface area contributed by atoms with Crippen molar-refractivity contribution in [3.63, 3.8) is 0 Å². The van der Waals surface area contributed by atoms with Crippen LogP contribution in [0, 0.1) is 6.92 Å². The van der Waals surface area contributed by atoms with E-state index in [1.807, 2.05) is 31.2 Å². The first-order chi connectivity index (χ1) is 12.4. The summed E-state index contributed by atoms with van der Waals surface area (Å²) >= 11 is 6.50. The molecule has 0 aliphatic carbocycles. The normalized spacial score (nSPS) is 11.0. The van der Waals surface area contributed by atoms with Crippen LogP contribution in [0.25, 0.3) is 0 Å². The van der Waals surface area contributed by atoms with E-state index in [-0.39, 0.29) is 4.90 Å². The van der Waals surface area contributed by atoms with Gasteiger partial charge in [-0.25, -0.2) is 13.4 Å². The van der Waals surface area contributed by atoms with Gasteiger partial charge in [-0.15, -0.1) is 11.3 Å². The van der Waals surface area contributed by atoms with Gasteiger partial charge in [-0.3, -0.25) is 4.72 Å². The van der Waals surface area contributed by atoms with E-state index in [0.29, 0.717) is 15.9 Å². The van der Waals surface area contributed by atoms with Crippen LogP contribution in [-0.2, 0) is 10.0 Å². The number of aryl methyl sites for hydroxylation is 1. The van der Waals surface area contributed by atoms with Gasteiger partial charge in [0.15, 0.2) is 10.2 Å². The van der Waals surface area contributed by atoms with E-state index in [0.717, 1.165) is 11.3 Å². The summed E-state index contributed by atoms with van der Waals surface area (Å²) < 4.78 is 27.0. The predicted molar refractivity (Wildman–Crippen MR) is 110 cm³/mol. The molecule has 3 N–H and O–H groups in total. The number of benzene rings is 2. The Morgan fingerprint density at radius 2 is 1.81 bits per heavy atom. The maximum absolute atomic E-state index is 12.3. The third-order valence-corrected chi connectivity index (χ3v) is 5.73. The summed E-state index contributed by atoms with van der Waals surface area (Å²) in [6, 6.07) is 14.2. The SMILES string of the molecule is Cc1cccc(NC(=S)Nc2ccc(S(=O)(=O)Nc3nccs3)cc2)c1. The van der Waals surface area contributed by atoms with Crippen molar-refractivity contribution in [3.8, 4) is 0 Å². The molecular formula is C17H16N4O2S3. The van der Waals surface area contributed by atoms with E-state index in [1.54, 1.807) is 17.5 Å². The molecule has 0 unspecified atom stereocenters. The maximum atomic E-state index is 12.3. The number of aromatic nitrogens is 1. The molecule has 1 aromatic heterocycles. The molecule has 134 valence electrons. The largest absolute Gasteiger partial charge is 0.332 e. The standard InChI is InChI=1S/C17H16N4O2S3/c1-12-3-2-4-14(11-12)20-16(24)19-13-5-7-15(8-6-13)26(22,23)21-17-18-9-10-25-17/h2-11H,1H3,(H,18,21)(H2,19,20,24). The highest BCUT2D eigenvalue weighted by Crippen LogP contribution is 2.20. The van der Waals surface area contributed by atoms with Crippen molar-refractivity contribution in [1.29, 1.82) is 0 Å². The Balaban J connectivity index is 1.64. The minimum Gasteiger partial charge on any atom is -0.332 e. The number of hydrogen-bond acceptors (Lipinski definition) is 5. The number of sulfonamides is 1. The minimum atomic E-state index is -3.66.